The van der Waals surface area contributed by atoms with Crippen molar-refractivity contribution in [2.45, 2.75) is 341 Å². The smallest absolute Gasteiger partial charge is 0.306 e. The summed E-state index contributed by atoms with van der Waals surface area (Å²) in [6.45, 7) is 4.05. The maximum Gasteiger partial charge on any atom is 0.306 e. The van der Waals surface area contributed by atoms with Gasteiger partial charge in [-0.15, -0.1) is 0 Å². The van der Waals surface area contributed by atoms with Crippen molar-refractivity contribution in [3.63, 3.8) is 0 Å². The first-order valence-corrected chi connectivity index (χ1v) is 39.7. The molecule has 0 saturated carbocycles. The molecule has 0 amide bonds. The van der Waals surface area contributed by atoms with Gasteiger partial charge >= 0.3 is 11.9 Å². The average Bonchev–Trinajstić information content (AvgIpc) is 2.14. The Hall–Kier alpha value is -3.59. The quantitative estimate of drug-likeness (QED) is 0.0195. The van der Waals surface area contributed by atoms with Gasteiger partial charge in [-0.05, 0) is 103 Å². The number of unbranched alkanes of at least 4 members (excludes halogenated alkanes) is 36. The minimum Gasteiger partial charge on any atom is -0.756 e. The molecular weight excluding hydrogens is 1160 g/mol. The predicted molar refractivity (Wildman–Crippen MR) is 397 cm³/mol. The number of carbonyl (C=O) groups excluding carboxylic acids is 2. The summed E-state index contributed by atoms with van der Waals surface area (Å²) in [7, 11) is 1.17. The van der Waals surface area contributed by atoms with Crippen molar-refractivity contribution in [2.75, 3.05) is 47.5 Å². The minimum atomic E-state index is -4.65. The summed E-state index contributed by atoms with van der Waals surface area (Å²) < 4.78 is 34.4. The molecule has 0 fully saturated rings. The van der Waals surface area contributed by atoms with E-state index in [0.29, 0.717) is 17.4 Å². The number of rotatable bonds is 70. The second-order valence-electron chi connectivity index (χ2n) is 26.6. The van der Waals surface area contributed by atoms with Gasteiger partial charge in [-0.25, -0.2) is 0 Å². The Kier molecular flexibility index (Phi) is 68.9. The lowest BCUT2D eigenvalue weighted by atomic mass is 10.0. The van der Waals surface area contributed by atoms with Crippen LogP contribution < -0.4 is 4.89 Å². The van der Waals surface area contributed by atoms with Crippen LogP contribution in [0, 0.1) is 0 Å². The van der Waals surface area contributed by atoms with Crippen LogP contribution in [0.2, 0.25) is 0 Å². The van der Waals surface area contributed by atoms with E-state index in [0.717, 1.165) is 103 Å². The second kappa shape index (κ2) is 71.7. The van der Waals surface area contributed by atoms with Crippen LogP contribution in [0.5, 0.6) is 0 Å². The summed E-state index contributed by atoms with van der Waals surface area (Å²) in [6, 6.07) is 0. The van der Waals surface area contributed by atoms with E-state index in [1.54, 1.807) is 0 Å². The SMILES string of the molecule is CC/C=C\C/C=C\C/C=C\C/C=C\C/C=C\C/C=C\CCCCCCCCCCCCCCCCCCCCCCC(=O)OC(COC(=O)CCCCCCCCCCCCCCCCCC/C=C\C/C=C\C/C=C\C/C=C\CC)COP(=O)([O-])OCC[N+](C)(C)C. The molecule has 0 aromatic carbocycles. The van der Waals surface area contributed by atoms with E-state index < -0.39 is 26.5 Å². The van der Waals surface area contributed by atoms with E-state index in [-0.39, 0.29) is 32.0 Å². The molecule has 0 radical (unpaired) electrons. The van der Waals surface area contributed by atoms with E-state index in [4.69, 9.17) is 18.5 Å². The van der Waals surface area contributed by atoms with Crippen LogP contribution in [0.4, 0.5) is 0 Å². The van der Waals surface area contributed by atoms with E-state index >= 15 is 0 Å². The van der Waals surface area contributed by atoms with E-state index in [1.807, 2.05) is 21.1 Å². The number of carbonyl (C=O) groups is 2. The highest BCUT2D eigenvalue weighted by Gasteiger charge is 2.22. The van der Waals surface area contributed by atoms with Crippen LogP contribution in [-0.4, -0.2) is 70.0 Å². The summed E-state index contributed by atoms with van der Waals surface area (Å²) in [5.41, 5.74) is 0. The molecule has 0 aliphatic heterocycles. The Morgan fingerprint density at radius 1 is 0.337 bits per heavy atom. The van der Waals surface area contributed by atoms with Gasteiger partial charge < -0.3 is 27.9 Å². The molecule has 10 heteroatoms. The molecule has 0 aromatic rings. The van der Waals surface area contributed by atoms with Gasteiger partial charge in [-0.1, -0.05) is 341 Å². The molecule has 0 N–H and O–H groups in total. The highest BCUT2D eigenvalue weighted by atomic mass is 31.2. The summed E-state index contributed by atoms with van der Waals surface area (Å²) >= 11 is 0. The van der Waals surface area contributed by atoms with Gasteiger partial charge in [-0.2, -0.15) is 0 Å². The largest absolute Gasteiger partial charge is 0.756 e. The van der Waals surface area contributed by atoms with Crippen LogP contribution in [0.3, 0.4) is 0 Å². The zero-order valence-corrected chi connectivity index (χ0v) is 61.4. The highest BCUT2D eigenvalue weighted by molar-refractivity contribution is 7.45. The lowest BCUT2D eigenvalue weighted by Gasteiger charge is -2.28. The summed E-state index contributed by atoms with van der Waals surface area (Å²) in [5, 5.41) is 0. The number of nitrogens with zero attached hydrogens (tertiary/aromatic N) is 1. The average molecular weight is 1300 g/mol. The molecule has 2 unspecified atom stereocenters. The summed E-state index contributed by atoms with van der Waals surface area (Å²) in [4.78, 5) is 38.2. The first kappa shape index (κ1) is 88.4. The zero-order valence-electron chi connectivity index (χ0n) is 60.5. The standard InChI is InChI=1S/C82H144NO8P/c1-6-8-10-12-14-16-18-20-22-24-26-28-30-32-34-36-37-38-39-40-41-42-43-44-45-47-49-51-53-55-57-59-61-63-65-67-69-71-73-75-82(85)91-80(79-90-92(86,87)89-77-76-83(3,4)5)78-88-81(84)74-72-70-68-66-64-62-60-58-56-54-52-50-48-46-35-33-31-29-27-25-23-21-19-17-15-13-11-9-7-2/h8-11,14-17,20-23,26-29,32,34,37-38,80H,6-7,12-13,18-19,24-25,30-31,33,35-36,39-79H2,1-5H3/b10-8-,11-9-,16-14-,17-15-,22-20-,23-21-,28-26-,29-27-,34-32-,38-37-. The minimum absolute atomic E-state index is 0.0326. The van der Waals surface area contributed by atoms with Gasteiger partial charge in [0.15, 0.2) is 6.10 Å². The normalized spacial score (nSPS) is 13.8. The van der Waals surface area contributed by atoms with Gasteiger partial charge in [0.05, 0.1) is 27.7 Å². The molecule has 0 spiro atoms. The highest BCUT2D eigenvalue weighted by Crippen LogP contribution is 2.38. The Bertz CT molecular complexity index is 1970. The molecule has 0 aromatic heterocycles. The number of quaternary nitrogens is 1. The van der Waals surface area contributed by atoms with Gasteiger partial charge in [-0.3, -0.25) is 14.2 Å². The van der Waals surface area contributed by atoms with Crippen molar-refractivity contribution in [1.29, 1.82) is 0 Å². The van der Waals surface area contributed by atoms with Crippen LogP contribution >= 0.6 is 7.82 Å². The third kappa shape index (κ3) is 75.4. The molecule has 0 heterocycles. The Labute approximate surface area is 568 Å². The third-order valence-electron chi connectivity index (χ3n) is 16.5. The number of ether oxygens (including phenoxy) is 2. The van der Waals surface area contributed by atoms with E-state index in [9.17, 15) is 19.0 Å². The molecule has 530 valence electrons. The Morgan fingerprint density at radius 3 is 0.870 bits per heavy atom. The number of hydrogen-bond acceptors (Lipinski definition) is 8. The van der Waals surface area contributed by atoms with Crippen molar-refractivity contribution < 1.29 is 42.1 Å². The van der Waals surface area contributed by atoms with Crippen LogP contribution in [0.1, 0.15) is 335 Å². The number of allylic oxidation sites excluding steroid dienone is 20. The molecule has 0 rings (SSSR count). The number of hydrogen-bond donors (Lipinski definition) is 0. The second-order valence-corrected chi connectivity index (χ2v) is 28.0. The molecule has 2 atom stereocenters. The number of likely N-dealkylation sites (N-methyl/N-ethyl adjacent to an activating group) is 1. The van der Waals surface area contributed by atoms with Crippen molar-refractivity contribution in [3.8, 4) is 0 Å². The summed E-state index contributed by atoms with van der Waals surface area (Å²) in [6.07, 6.45) is 103. The summed E-state index contributed by atoms with van der Waals surface area (Å²) in [5.74, 6) is -0.822. The van der Waals surface area contributed by atoms with Crippen LogP contribution in [0.15, 0.2) is 122 Å². The molecule has 0 bridgehead atoms. The first-order valence-electron chi connectivity index (χ1n) is 38.2. The topological polar surface area (TPSA) is 111 Å². The molecular formula is C82H144NO8P. The molecule has 9 nitrogen and oxygen atoms in total. The van der Waals surface area contributed by atoms with Gasteiger partial charge in [0, 0.05) is 12.8 Å². The maximum absolute atomic E-state index is 12.9. The molecule has 0 aliphatic carbocycles. The van der Waals surface area contributed by atoms with E-state index in [2.05, 4.69) is 135 Å². The fourth-order valence-electron chi connectivity index (χ4n) is 10.7. The molecule has 92 heavy (non-hydrogen) atoms. The first-order chi connectivity index (χ1) is 45.0. The fourth-order valence-corrected chi connectivity index (χ4v) is 11.4. The van der Waals surface area contributed by atoms with Crippen LogP contribution in [-0.2, 0) is 32.7 Å². The van der Waals surface area contributed by atoms with Gasteiger partial charge in [0.25, 0.3) is 7.82 Å². The fraction of sp³-hybridized carbons (Fsp3) is 0.732. The van der Waals surface area contributed by atoms with Crippen molar-refractivity contribution in [1.82, 2.24) is 0 Å². The third-order valence-corrected chi connectivity index (χ3v) is 17.4. The van der Waals surface area contributed by atoms with Crippen molar-refractivity contribution >= 4 is 19.8 Å². The van der Waals surface area contributed by atoms with Gasteiger partial charge in [0.2, 0.25) is 0 Å². The lowest BCUT2D eigenvalue weighted by Crippen LogP contribution is -2.37. The number of phosphoric acid groups is 1. The zero-order chi connectivity index (χ0) is 66.9. The monoisotopic (exact) mass is 1300 g/mol. The Balaban J connectivity index is 3.97. The molecule has 0 aliphatic rings. The lowest BCUT2D eigenvalue weighted by molar-refractivity contribution is -0.870. The van der Waals surface area contributed by atoms with E-state index in [1.165, 1.54) is 199 Å². The van der Waals surface area contributed by atoms with Crippen molar-refractivity contribution in [2.24, 2.45) is 0 Å². The Morgan fingerprint density at radius 2 is 0.587 bits per heavy atom. The maximum atomic E-state index is 12.9. The number of esters is 2. The van der Waals surface area contributed by atoms with Crippen molar-refractivity contribution in [3.05, 3.63) is 122 Å². The number of phosphoric ester groups is 1. The van der Waals surface area contributed by atoms with Crippen LogP contribution in [0.25, 0.3) is 0 Å². The van der Waals surface area contributed by atoms with Gasteiger partial charge in [0.1, 0.15) is 19.8 Å². The molecule has 0 saturated heterocycles. The predicted octanol–water partition coefficient (Wildman–Crippen LogP) is 24.8.